The second-order valence-electron chi connectivity index (χ2n) is 4.37. The van der Waals surface area contributed by atoms with E-state index in [4.69, 9.17) is 21.3 Å². The van der Waals surface area contributed by atoms with E-state index in [0.29, 0.717) is 11.3 Å². The molecule has 0 aliphatic heterocycles. The van der Waals surface area contributed by atoms with Crippen LogP contribution < -0.4 is 5.32 Å². The highest BCUT2D eigenvalue weighted by molar-refractivity contribution is 6.33. The van der Waals surface area contributed by atoms with Gasteiger partial charge in [-0.15, -0.1) is 0 Å². The number of nitro groups is 1. The average molecular weight is 332 g/mol. The van der Waals surface area contributed by atoms with Crippen LogP contribution in [0, 0.1) is 21.4 Å². The highest BCUT2D eigenvalue weighted by Gasteiger charge is 2.15. The van der Waals surface area contributed by atoms with Crippen molar-refractivity contribution in [2.24, 2.45) is 0 Å². The summed E-state index contributed by atoms with van der Waals surface area (Å²) in [4.78, 5) is 21.8. The Labute approximate surface area is 135 Å². The van der Waals surface area contributed by atoms with Crippen molar-refractivity contribution in [3.8, 4) is 17.4 Å². The smallest absolute Gasteiger partial charge is 0.270 e. The van der Waals surface area contributed by atoms with Gasteiger partial charge in [0.2, 0.25) is 0 Å². The lowest BCUT2D eigenvalue weighted by atomic mass is 10.1. The first-order chi connectivity index (χ1) is 11.0. The van der Waals surface area contributed by atoms with Crippen LogP contribution in [-0.4, -0.2) is 17.9 Å². The predicted octanol–water partition coefficient (Wildman–Crippen LogP) is 3.16. The number of nitro benzene ring substituents is 1. The van der Waals surface area contributed by atoms with Gasteiger partial charge in [-0.2, -0.15) is 5.26 Å². The van der Waals surface area contributed by atoms with E-state index >= 15 is 0 Å². The Kier molecular flexibility index (Phi) is 4.79. The largest absolute Gasteiger partial charge is 0.457 e. The van der Waals surface area contributed by atoms with E-state index in [-0.39, 0.29) is 22.0 Å². The van der Waals surface area contributed by atoms with Crippen molar-refractivity contribution in [1.82, 2.24) is 5.32 Å². The lowest BCUT2D eigenvalue weighted by molar-refractivity contribution is -0.384. The first kappa shape index (κ1) is 16.3. The minimum Gasteiger partial charge on any atom is -0.457 e. The summed E-state index contributed by atoms with van der Waals surface area (Å²) in [6.07, 6.45) is 1.27. The molecule has 0 unspecified atom stereocenters. The molecule has 116 valence electrons. The fourth-order valence-corrected chi connectivity index (χ4v) is 2.03. The van der Waals surface area contributed by atoms with Crippen molar-refractivity contribution in [1.29, 1.82) is 5.26 Å². The second-order valence-corrected chi connectivity index (χ2v) is 4.78. The molecule has 0 bridgehead atoms. The van der Waals surface area contributed by atoms with E-state index in [1.54, 1.807) is 12.1 Å². The third-order valence-corrected chi connectivity index (χ3v) is 3.26. The molecule has 23 heavy (non-hydrogen) atoms. The molecular formula is C15H10ClN3O4. The van der Waals surface area contributed by atoms with Crippen LogP contribution in [0.15, 0.2) is 40.3 Å². The Bertz CT molecular complexity index is 849. The lowest BCUT2D eigenvalue weighted by Gasteiger charge is -2.00. The molecule has 0 aliphatic rings. The maximum absolute atomic E-state index is 11.5. The Hall–Kier alpha value is -3.11. The molecule has 2 rings (SSSR count). The van der Waals surface area contributed by atoms with Crippen molar-refractivity contribution in [2.45, 2.75) is 0 Å². The molecule has 0 radical (unpaired) electrons. The highest BCUT2D eigenvalue weighted by Crippen LogP contribution is 2.32. The Balaban J connectivity index is 2.42. The minimum atomic E-state index is -0.543. The first-order valence-electron chi connectivity index (χ1n) is 6.34. The maximum Gasteiger partial charge on any atom is 0.270 e. The number of benzene rings is 1. The van der Waals surface area contributed by atoms with Gasteiger partial charge in [-0.1, -0.05) is 11.6 Å². The SMILES string of the molecule is CNC(=O)/C(C#N)=C\c1ccc(-c2cc([N+](=O)[O-])ccc2Cl)o1. The quantitative estimate of drug-likeness (QED) is 0.400. The van der Waals surface area contributed by atoms with Crippen LogP contribution in [0.2, 0.25) is 5.02 Å². The van der Waals surface area contributed by atoms with Crippen LogP contribution in [0.5, 0.6) is 0 Å². The van der Waals surface area contributed by atoms with E-state index < -0.39 is 10.8 Å². The summed E-state index contributed by atoms with van der Waals surface area (Å²) in [6.45, 7) is 0. The molecule has 0 saturated heterocycles. The number of non-ortho nitro benzene ring substituents is 1. The van der Waals surface area contributed by atoms with Gasteiger partial charge in [-0.25, -0.2) is 0 Å². The van der Waals surface area contributed by atoms with Gasteiger partial charge < -0.3 is 9.73 Å². The zero-order chi connectivity index (χ0) is 17.0. The fourth-order valence-electron chi connectivity index (χ4n) is 1.82. The van der Waals surface area contributed by atoms with Crippen LogP contribution in [-0.2, 0) is 4.79 Å². The van der Waals surface area contributed by atoms with Crippen LogP contribution >= 0.6 is 11.6 Å². The Morgan fingerprint density at radius 1 is 1.43 bits per heavy atom. The number of nitrogens with one attached hydrogen (secondary N) is 1. The number of rotatable bonds is 4. The standard InChI is InChI=1S/C15H10ClN3O4/c1-18-15(20)9(8-17)6-11-3-5-14(23-11)12-7-10(19(21)22)2-4-13(12)16/h2-7H,1H3,(H,18,20)/b9-6-. The molecule has 2 aromatic rings. The number of hydrogen-bond donors (Lipinski definition) is 1. The molecule has 1 heterocycles. The number of amides is 1. The molecule has 1 aromatic carbocycles. The normalized spacial score (nSPS) is 10.9. The Morgan fingerprint density at radius 2 is 2.17 bits per heavy atom. The lowest BCUT2D eigenvalue weighted by Crippen LogP contribution is -2.18. The summed E-state index contributed by atoms with van der Waals surface area (Å²) in [6, 6.07) is 8.82. The monoisotopic (exact) mass is 331 g/mol. The van der Waals surface area contributed by atoms with Gasteiger partial charge in [0, 0.05) is 30.8 Å². The number of nitriles is 1. The summed E-state index contributed by atoms with van der Waals surface area (Å²) in [5, 5.41) is 22.4. The van der Waals surface area contributed by atoms with Gasteiger partial charge in [0.1, 0.15) is 23.2 Å². The van der Waals surface area contributed by atoms with Crippen LogP contribution in [0.25, 0.3) is 17.4 Å². The van der Waals surface area contributed by atoms with Crippen LogP contribution in [0.3, 0.4) is 0 Å². The molecule has 8 heteroatoms. The van der Waals surface area contributed by atoms with Crippen molar-refractivity contribution in [3.63, 3.8) is 0 Å². The Morgan fingerprint density at radius 3 is 2.78 bits per heavy atom. The van der Waals surface area contributed by atoms with Gasteiger partial charge in [0.25, 0.3) is 11.6 Å². The van der Waals surface area contributed by atoms with Gasteiger partial charge in [0.15, 0.2) is 0 Å². The molecule has 0 atom stereocenters. The predicted molar refractivity (Wildman–Crippen MR) is 83.5 cm³/mol. The maximum atomic E-state index is 11.5. The second kappa shape index (κ2) is 6.77. The van der Waals surface area contributed by atoms with Crippen molar-refractivity contribution in [3.05, 3.63) is 56.8 Å². The summed E-state index contributed by atoms with van der Waals surface area (Å²) in [7, 11) is 1.41. The van der Waals surface area contributed by atoms with Gasteiger partial charge in [-0.3, -0.25) is 14.9 Å². The molecule has 0 saturated carbocycles. The summed E-state index contributed by atoms with van der Waals surface area (Å²) in [5.41, 5.74) is 0.0958. The van der Waals surface area contributed by atoms with E-state index in [1.165, 1.54) is 37.4 Å². The summed E-state index contributed by atoms with van der Waals surface area (Å²) in [5.74, 6) is 0.000649. The van der Waals surface area contributed by atoms with Crippen molar-refractivity contribution < 1.29 is 14.1 Å². The molecule has 0 fully saturated rings. The average Bonchev–Trinajstić information content (AvgIpc) is 3.00. The zero-order valence-corrected chi connectivity index (χ0v) is 12.6. The number of likely N-dealkylation sites (N-methyl/N-ethyl adjacent to an activating group) is 1. The minimum absolute atomic E-state index is 0.124. The summed E-state index contributed by atoms with van der Waals surface area (Å²) < 4.78 is 5.50. The number of halogens is 1. The molecule has 1 amide bonds. The molecule has 1 aromatic heterocycles. The third-order valence-electron chi connectivity index (χ3n) is 2.93. The van der Waals surface area contributed by atoms with E-state index in [1.807, 2.05) is 0 Å². The van der Waals surface area contributed by atoms with E-state index in [9.17, 15) is 14.9 Å². The van der Waals surface area contributed by atoms with Crippen LogP contribution in [0.1, 0.15) is 5.76 Å². The number of nitrogens with zero attached hydrogens (tertiary/aromatic N) is 2. The van der Waals surface area contributed by atoms with Crippen LogP contribution in [0.4, 0.5) is 5.69 Å². The number of hydrogen-bond acceptors (Lipinski definition) is 5. The number of carbonyl (C=O) groups excluding carboxylic acids is 1. The molecule has 7 nitrogen and oxygen atoms in total. The molecule has 1 N–H and O–H groups in total. The number of carbonyl (C=O) groups is 1. The molecular weight excluding hydrogens is 322 g/mol. The fraction of sp³-hybridized carbons (Fsp3) is 0.0667. The van der Waals surface area contributed by atoms with Gasteiger partial charge >= 0.3 is 0 Å². The van der Waals surface area contributed by atoms with Crippen molar-refractivity contribution >= 4 is 29.3 Å². The molecule has 0 aliphatic carbocycles. The third kappa shape index (κ3) is 3.56. The van der Waals surface area contributed by atoms with Gasteiger partial charge in [0.05, 0.1) is 9.95 Å². The number of furan rings is 1. The zero-order valence-electron chi connectivity index (χ0n) is 11.9. The topological polar surface area (TPSA) is 109 Å². The van der Waals surface area contributed by atoms with E-state index in [0.717, 1.165) is 0 Å². The first-order valence-corrected chi connectivity index (χ1v) is 6.72. The van der Waals surface area contributed by atoms with E-state index in [2.05, 4.69) is 5.32 Å². The van der Waals surface area contributed by atoms with Gasteiger partial charge in [-0.05, 0) is 18.2 Å². The van der Waals surface area contributed by atoms with Crippen molar-refractivity contribution in [2.75, 3.05) is 7.05 Å². The summed E-state index contributed by atoms with van der Waals surface area (Å²) >= 11 is 6.04. The molecule has 0 spiro atoms. The highest BCUT2D eigenvalue weighted by atomic mass is 35.5.